The van der Waals surface area contributed by atoms with Crippen molar-refractivity contribution < 1.29 is 4.79 Å². The molecule has 1 aromatic carbocycles. The van der Waals surface area contributed by atoms with Gasteiger partial charge in [-0.3, -0.25) is 9.78 Å². The van der Waals surface area contributed by atoms with Gasteiger partial charge in [0.2, 0.25) is 5.91 Å². The molecule has 0 fully saturated rings. The van der Waals surface area contributed by atoms with Crippen molar-refractivity contribution in [3.63, 3.8) is 0 Å². The summed E-state index contributed by atoms with van der Waals surface area (Å²) in [5, 5.41) is 9.88. The summed E-state index contributed by atoms with van der Waals surface area (Å²) in [4.78, 5) is 18.5. The summed E-state index contributed by atoms with van der Waals surface area (Å²) in [5.41, 5.74) is 1.87. The molecule has 2 aromatic rings. The number of aromatic nitrogens is 1. The van der Waals surface area contributed by atoms with Crippen LogP contribution in [0.5, 0.6) is 0 Å². The molecule has 5 heteroatoms. The minimum atomic E-state index is -0.571. The molecule has 0 aliphatic heterocycles. The van der Waals surface area contributed by atoms with E-state index < -0.39 is 5.41 Å². The van der Waals surface area contributed by atoms with Gasteiger partial charge in [-0.25, -0.2) is 0 Å². The number of hydrogen-bond acceptors (Lipinski definition) is 3. The first kappa shape index (κ1) is 19.0. The van der Waals surface area contributed by atoms with Gasteiger partial charge < -0.3 is 4.90 Å². The zero-order valence-electron chi connectivity index (χ0n) is 15.0. The third-order valence-corrected chi connectivity index (χ3v) is 4.50. The Labute approximate surface area is 154 Å². The van der Waals surface area contributed by atoms with Gasteiger partial charge in [0.1, 0.15) is 0 Å². The van der Waals surface area contributed by atoms with Crippen molar-refractivity contribution in [2.24, 2.45) is 0 Å². The Balaban J connectivity index is 2.44. The third kappa shape index (κ3) is 4.18. The van der Waals surface area contributed by atoms with Crippen molar-refractivity contribution in [1.82, 2.24) is 4.98 Å². The zero-order valence-corrected chi connectivity index (χ0v) is 15.7. The number of anilines is 1. The molecule has 0 bridgehead atoms. The number of carbonyl (C=O) groups is 1. The van der Waals surface area contributed by atoms with E-state index in [4.69, 9.17) is 11.6 Å². The molecule has 0 aliphatic carbocycles. The van der Waals surface area contributed by atoms with E-state index in [2.05, 4.69) is 11.1 Å². The van der Waals surface area contributed by atoms with Crippen LogP contribution in [0.2, 0.25) is 5.02 Å². The van der Waals surface area contributed by atoms with Crippen LogP contribution in [0, 0.1) is 11.3 Å². The number of nitriles is 1. The second-order valence-corrected chi connectivity index (χ2v) is 6.93. The molecule has 1 heterocycles. The van der Waals surface area contributed by atoms with E-state index in [-0.39, 0.29) is 11.9 Å². The van der Waals surface area contributed by atoms with E-state index in [1.165, 1.54) is 0 Å². The van der Waals surface area contributed by atoms with E-state index >= 15 is 0 Å². The second kappa shape index (κ2) is 7.67. The molecule has 25 heavy (non-hydrogen) atoms. The van der Waals surface area contributed by atoms with Crippen LogP contribution in [0.3, 0.4) is 0 Å². The maximum absolute atomic E-state index is 12.4. The van der Waals surface area contributed by atoms with E-state index in [9.17, 15) is 10.1 Å². The number of rotatable bonds is 5. The first-order valence-corrected chi connectivity index (χ1v) is 8.61. The SMILES string of the molecule is CCC(c1cc(Cl)ccn1)N(C(C)=O)c1ccc(C(C)(C)C#N)cc1. The van der Waals surface area contributed by atoms with Gasteiger partial charge in [-0.15, -0.1) is 0 Å². The molecule has 0 N–H and O–H groups in total. The van der Waals surface area contributed by atoms with Crippen LogP contribution in [-0.4, -0.2) is 10.9 Å². The fourth-order valence-corrected chi connectivity index (χ4v) is 2.98. The van der Waals surface area contributed by atoms with Crippen LogP contribution in [0.25, 0.3) is 0 Å². The van der Waals surface area contributed by atoms with Gasteiger partial charge in [-0.05, 0) is 50.1 Å². The standard InChI is InChI=1S/C20H22ClN3O/c1-5-19(18-12-16(21)10-11-23-18)24(14(2)25)17-8-6-15(7-9-17)20(3,4)13-22/h6-12,19H,5H2,1-4H3. The van der Waals surface area contributed by atoms with Crippen LogP contribution in [0.4, 0.5) is 5.69 Å². The lowest BCUT2D eigenvalue weighted by molar-refractivity contribution is -0.117. The summed E-state index contributed by atoms with van der Waals surface area (Å²) in [5.74, 6) is -0.0686. The smallest absolute Gasteiger partial charge is 0.224 e. The number of benzene rings is 1. The summed E-state index contributed by atoms with van der Waals surface area (Å²) in [7, 11) is 0. The Bertz CT molecular complexity index is 793. The lowest BCUT2D eigenvalue weighted by Crippen LogP contribution is -2.33. The predicted octanol–water partition coefficient (Wildman–Crippen LogP) is 5.04. The van der Waals surface area contributed by atoms with Crippen molar-refractivity contribution in [2.75, 3.05) is 4.90 Å². The molecular weight excluding hydrogens is 334 g/mol. The monoisotopic (exact) mass is 355 g/mol. The van der Waals surface area contributed by atoms with Gasteiger partial charge in [0.25, 0.3) is 0 Å². The quantitative estimate of drug-likeness (QED) is 0.754. The Morgan fingerprint density at radius 3 is 2.44 bits per heavy atom. The summed E-state index contributed by atoms with van der Waals surface area (Å²) < 4.78 is 0. The predicted molar refractivity (Wildman–Crippen MR) is 101 cm³/mol. The number of halogens is 1. The molecule has 0 aliphatic rings. The fraction of sp³-hybridized carbons (Fsp3) is 0.350. The Kier molecular flexibility index (Phi) is 5.81. The van der Waals surface area contributed by atoms with Gasteiger partial charge in [0.05, 0.1) is 23.2 Å². The number of pyridine rings is 1. The lowest BCUT2D eigenvalue weighted by Gasteiger charge is -2.30. The summed E-state index contributed by atoms with van der Waals surface area (Å²) >= 11 is 6.09. The molecular formula is C20H22ClN3O. The van der Waals surface area contributed by atoms with E-state index in [0.717, 1.165) is 16.9 Å². The molecule has 130 valence electrons. The third-order valence-electron chi connectivity index (χ3n) is 4.27. The normalized spacial score (nSPS) is 12.3. The summed E-state index contributed by atoms with van der Waals surface area (Å²) in [6.07, 6.45) is 2.36. The van der Waals surface area contributed by atoms with Crippen LogP contribution in [0.15, 0.2) is 42.6 Å². The van der Waals surface area contributed by atoms with Crippen LogP contribution < -0.4 is 4.90 Å². The maximum Gasteiger partial charge on any atom is 0.224 e. The summed E-state index contributed by atoms with van der Waals surface area (Å²) in [6.45, 7) is 7.29. The molecule has 0 radical (unpaired) electrons. The zero-order chi connectivity index (χ0) is 18.6. The van der Waals surface area contributed by atoms with E-state index in [1.54, 1.807) is 30.2 Å². The number of nitrogens with zero attached hydrogens (tertiary/aromatic N) is 3. The maximum atomic E-state index is 12.4. The van der Waals surface area contributed by atoms with Crippen LogP contribution in [0.1, 0.15) is 51.4 Å². The first-order chi connectivity index (χ1) is 11.8. The molecule has 0 saturated heterocycles. The average Bonchev–Trinajstić information content (AvgIpc) is 2.59. The summed E-state index contributed by atoms with van der Waals surface area (Å²) in [6, 6.07) is 13.1. The first-order valence-electron chi connectivity index (χ1n) is 8.23. The highest BCUT2D eigenvalue weighted by Crippen LogP contribution is 2.32. The second-order valence-electron chi connectivity index (χ2n) is 6.50. The van der Waals surface area contributed by atoms with Gasteiger partial charge >= 0.3 is 0 Å². The molecule has 1 atom stereocenters. The molecule has 0 saturated carbocycles. The van der Waals surface area contributed by atoms with Crippen molar-refractivity contribution in [3.8, 4) is 6.07 Å². The average molecular weight is 356 g/mol. The largest absolute Gasteiger partial charge is 0.304 e. The van der Waals surface area contributed by atoms with Gasteiger partial charge in [0.15, 0.2) is 0 Å². The number of hydrogen-bond donors (Lipinski definition) is 0. The molecule has 0 spiro atoms. The number of carbonyl (C=O) groups excluding carboxylic acids is 1. The Hall–Kier alpha value is -2.38. The Morgan fingerprint density at radius 1 is 1.32 bits per heavy atom. The molecule has 1 amide bonds. The van der Waals surface area contributed by atoms with Crippen LogP contribution >= 0.6 is 11.6 Å². The van der Waals surface area contributed by atoms with Crippen molar-refractivity contribution in [3.05, 3.63) is 58.9 Å². The number of amides is 1. The van der Waals surface area contributed by atoms with E-state index in [1.807, 2.05) is 45.0 Å². The highest BCUT2D eigenvalue weighted by atomic mass is 35.5. The lowest BCUT2D eigenvalue weighted by atomic mass is 9.86. The topological polar surface area (TPSA) is 57.0 Å². The highest BCUT2D eigenvalue weighted by Gasteiger charge is 2.25. The minimum Gasteiger partial charge on any atom is -0.304 e. The molecule has 1 aromatic heterocycles. The Morgan fingerprint density at radius 2 is 1.96 bits per heavy atom. The van der Waals surface area contributed by atoms with E-state index in [0.29, 0.717) is 11.4 Å². The minimum absolute atomic E-state index is 0.0686. The van der Waals surface area contributed by atoms with Crippen LogP contribution in [-0.2, 0) is 10.2 Å². The van der Waals surface area contributed by atoms with Gasteiger partial charge in [-0.1, -0.05) is 30.7 Å². The molecule has 2 rings (SSSR count). The molecule has 4 nitrogen and oxygen atoms in total. The highest BCUT2D eigenvalue weighted by molar-refractivity contribution is 6.30. The van der Waals surface area contributed by atoms with Crippen molar-refractivity contribution in [2.45, 2.75) is 45.6 Å². The van der Waals surface area contributed by atoms with Gasteiger partial charge in [0, 0.05) is 23.8 Å². The molecule has 1 unspecified atom stereocenters. The van der Waals surface area contributed by atoms with Crippen molar-refractivity contribution >= 4 is 23.2 Å². The van der Waals surface area contributed by atoms with Gasteiger partial charge in [-0.2, -0.15) is 5.26 Å². The fourth-order valence-electron chi connectivity index (χ4n) is 2.81. The van der Waals surface area contributed by atoms with Crippen molar-refractivity contribution in [1.29, 1.82) is 5.26 Å².